The predicted molar refractivity (Wildman–Crippen MR) is 109 cm³/mol. The SMILES string of the molecule is COCC(=O)[C@@]1(OC)CC[C@H]2[C@]3(C)CCC4=CC(=O)CC[C@]4(C)[C@H]3[C@@H](O)C[C@@]21C. The molecule has 0 unspecified atom stereocenters. The van der Waals surface area contributed by atoms with Crippen LogP contribution in [0, 0.1) is 28.1 Å². The van der Waals surface area contributed by atoms with Gasteiger partial charge in [0.2, 0.25) is 0 Å². The first-order valence-corrected chi connectivity index (χ1v) is 11.1. The van der Waals surface area contributed by atoms with Crippen LogP contribution in [0.1, 0.15) is 65.7 Å². The van der Waals surface area contributed by atoms with Crippen LogP contribution >= 0.6 is 0 Å². The molecule has 0 amide bonds. The van der Waals surface area contributed by atoms with Crippen molar-refractivity contribution in [1.29, 1.82) is 0 Å². The number of aliphatic hydroxyl groups excluding tert-OH is 1. The number of hydrogen-bond donors (Lipinski definition) is 1. The van der Waals surface area contributed by atoms with Crippen molar-refractivity contribution in [1.82, 2.24) is 0 Å². The Labute approximate surface area is 174 Å². The minimum atomic E-state index is -0.901. The van der Waals surface area contributed by atoms with Gasteiger partial charge in [-0.05, 0) is 67.3 Å². The molecule has 4 aliphatic rings. The molecular formula is C24H36O5. The lowest BCUT2D eigenvalue weighted by molar-refractivity contribution is -0.213. The van der Waals surface area contributed by atoms with Gasteiger partial charge in [-0.15, -0.1) is 0 Å². The fourth-order valence-corrected chi connectivity index (χ4v) is 8.53. The Morgan fingerprint density at radius 1 is 1.17 bits per heavy atom. The Morgan fingerprint density at radius 2 is 1.90 bits per heavy atom. The summed E-state index contributed by atoms with van der Waals surface area (Å²) in [5.74, 6) is 0.611. The van der Waals surface area contributed by atoms with Gasteiger partial charge in [-0.2, -0.15) is 0 Å². The number of ketones is 2. The molecule has 162 valence electrons. The molecule has 3 saturated carbocycles. The molecule has 0 aliphatic heterocycles. The van der Waals surface area contributed by atoms with Crippen LogP contribution in [-0.4, -0.2) is 49.2 Å². The lowest BCUT2D eigenvalue weighted by Crippen LogP contribution is -2.66. The highest BCUT2D eigenvalue weighted by Crippen LogP contribution is 2.72. The van der Waals surface area contributed by atoms with Crippen molar-refractivity contribution in [3.63, 3.8) is 0 Å². The molecule has 5 heteroatoms. The molecule has 4 aliphatic carbocycles. The number of carbonyl (C=O) groups is 2. The van der Waals surface area contributed by atoms with Crippen molar-refractivity contribution >= 4 is 11.6 Å². The number of fused-ring (bicyclic) bond motifs is 5. The first kappa shape index (κ1) is 21.2. The van der Waals surface area contributed by atoms with Crippen molar-refractivity contribution in [3.8, 4) is 0 Å². The largest absolute Gasteiger partial charge is 0.393 e. The predicted octanol–water partition coefficient (Wildman–Crippen LogP) is 3.48. The Balaban J connectivity index is 1.79. The third-order valence-corrected chi connectivity index (χ3v) is 9.65. The molecule has 5 nitrogen and oxygen atoms in total. The minimum absolute atomic E-state index is 0.00683. The quantitative estimate of drug-likeness (QED) is 0.777. The summed E-state index contributed by atoms with van der Waals surface area (Å²) in [6.45, 7) is 6.78. The average molecular weight is 405 g/mol. The lowest BCUT2D eigenvalue weighted by atomic mass is 9.40. The topological polar surface area (TPSA) is 72.8 Å². The van der Waals surface area contributed by atoms with E-state index in [1.165, 1.54) is 5.57 Å². The van der Waals surface area contributed by atoms with E-state index < -0.39 is 17.1 Å². The second kappa shape index (κ2) is 6.73. The maximum Gasteiger partial charge on any atom is 0.190 e. The Morgan fingerprint density at radius 3 is 2.55 bits per heavy atom. The van der Waals surface area contributed by atoms with Crippen molar-refractivity contribution in [3.05, 3.63) is 11.6 Å². The smallest absolute Gasteiger partial charge is 0.190 e. The molecule has 0 aromatic heterocycles. The molecule has 0 spiro atoms. The van der Waals surface area contributed by atoms with Crippen molar-refractivity contribution in [2.45, 2.75) is 77.4 Å². The van der Waals surface area contributed by atoms with Crippen LogP contribution in [0.3, 0.4) is 0 Å². The third-order valence-electron chi connectivity index (χ3n) is 9.65. The first-order chi connectivity index (χ1) is 13.6. The van der Waals surface area contributed by atoms with E-state index in [1.54, 1.807) is 14.2 Å². The number of ether oxygens (including phenoxy) is 2. The molecule has 29 heavy (non-hydrogen) atoms. The molecule has 0 heterocycles. The van der Waals surface area contributed by atoms with Crippen LogP contribution in [0.2, 0.25) is 0 Å². The monoisotopic (exact) mass is 404 g/mol. The van der Waals surface area contributed by atoms with Gasteiger partial charge in [0.15, 0.2) is 11.6 Å². The van der Waals surface area contributed by atoms with Crippen LogP contribution in [0.5, 0.6) is 0 Å². The summed E-state index contributed by atoms with van der Waals surface area (Å²) in [4.78, 5) is 25.2. The zero-order valence-corrected chi connectivity index (χ0v) is 18.5. The molecule has 0 radical (unpaired) electrons. The van der Waals surface area contributed by atoms with Gasteiger partial charge in [0.25, 0.3) is 0 Å². The van der Waals surface area contributed by atoms with E-state index in [9.17, 15) is 14.7 Å². The summed E-state index contributed by atoms with van der Waals surface area (Å²) in [6.07, 6.45) is 6.73. The van der Waals surface area contributed by atoms with Gasteiger partial charge in [0.05, 0.1) is 6.10 Å². The van der Waals surface area contributed by atoms with Crippen LogP contribution < -0.4 is 0 Å². The van der Waals surface area contributed by atoms with Crippen LogP contribution in [0.25, 0.3) is 0 Å². The van der Waals surface area contributed by atoms with Crippen LogP contribution in [-0.2, 0) is 19.1 Å². The van der Waals surface area contributed by atoms with Gasteiger partial charge >= 0.3 is 0 Å². The summed E-state index contributed by atoms with van der Waals surface area (Å²) in [5.41, 5.74) is -0.333. The van der Waals surface area contributed by atoms with Gasteiger partial charge < -0.3 is 14.6 Å². The fraction of sp³-hybridized carbons (Fsp3) is 0.833. The average Bonchev–Trinajstić information content (AvgIpc) is 2.96. The Bertz CT molecular complexity index is 758. The van der Waals surface area contributed by atoms with Crippen molar-refractivity contribution in [2.75, 3.05) is 20.8 Å². The maximum atomic E-state index is 13.2. The standard InChI is InChI=1S/C24H36O5/c1-21-10-7-16(25)12-15(21)6-9-22(2)18-8-11-24(29-5,19(27)14-28-4)23(18,3)13-17(26)20(21)22/h12,17-18,20,26H,6-11,13-14H2,1-5H3/t17-,18-,20+,21-,22-,23-,24-/m0/s1. The van der Waals surface area contributed by atoms with Crippen LogP contribution in [0.4, 0.5) is 0 Å². The summed E-state index contributed by atoms with van der Waals surface area (Å²) in [7, 11) is 3.18. The molecule has 7 atom stereocenters. The molecular weight excluding hydrogens is 368 g/mol. The second-order valence-electron chi connectivity index (χ2n) is 10.7. The van der Waals surface area contributed by atoms with Gasteiger partial charge in [0, 0.05) is 26.1 Å². The Hall–Kier alpha value is -1.04. The summed E-state index contributed by atoms with van der Waals surface area (Å²) < 4.78 is 11.2. The number of carbonyl (C=O) groups excluding carboxylic acids is 2. The molecule has 0 aromatic rings. The normalized spacial score (nSPS) is 49.1. The summed E-state index contributed by atoms with van der Waals surface area (Å²) in [6, 6.07) is 0. The molecule has 0 bridgehead atoms. The van der Waals surface area contributed by atoms with E-state index in [4.69, 9.17) is 9.47 Å². The number of hydrogen-bond acceptors (Lipinski definition) is 5. The fourth-order valence-electron chi connectivity index (χ4n) is 8.53. The van der Waals surface area contributed by atoms with Crippen molar-refractivity contribution < 1.29 is 24.2 Å². The van der Waals surface area contributed by atoms with Crippen molar-refractivity contribution in [2.24, 2.45) is 28.1 Å². The zero-order chi connectivity index (χ0) is 21.2. The molecule has 1 N–H and O–H groups in total. The summed E-state index contributed by atoms with van der Waals surface area (Å²) in [5, 5.41) is 11.6. The number of methoxy groups -OCH3 is 2. The minimum Gasteiger partial charge on any atom is -0.393 e. The number of rotatable bonds is 4. The number of aliphatic hydroxyl groups is 1. The zero-order valence-electron chi connectivity index (χ0n) is 18.5. The highest BCUT2D eigenvalue weighted by molar-refractivity contribution is 5.92. The van der Waals surface area contributed by atoms with Crippen LogP contribution in [0.15, 0.2) is 11.6 Å². The van der Waals surface area contributed by atoms with E-state index in [0.717, 1.165) is 25.7 Å². The van der Waals surface area contributed by atoms with Gasteiger partial charge in [0.1, 0.15) is 12.2 Å². The highest BCUT2D eigenvalue weighted by Gasteiger charge is 2.72. The Kier molecular flexibility index (Phi) is 4.92. The first-order valence-electron chi connectivity index (χ1n) is 11.1. The molecule has 0 aromatic carbocycles. The van der Waals surface area contributed by atoms with E-state index in [2.05, 4.69) is 20.8 Å². The van der Waals surface area contributed by atoms with E-state index in [0.29, 0.717) is 25.2 Å². The van der Waals surface area contributed by atoms with E-state index in [-0.39, 0.29) is 34.9 Å². The molecule has 3 fully saturated rings. The van der Waals surface area contributed by atoms with Gasteiger partial charge in [-0.25, -0.2) is 0 Å². The highest BCUT2D eigenvalue weighted by atomic mass is 16.5. The third kappa shape index (κ3) is 2.56. The number of allylic oxidation sites excluding steroid dienone is 1. The maximum absolute atomic E-state index is 13.2. The van der Waals surface area contributed by atoms with E-state index in [1.807, 2.05) is 6.08 Å². The van der Waals surface area contributed by atoms with Gasteiger partial charge in [-0.1, -0.05) is 26.3 Å². The lowest BCUT2D eigenvalue weighted by Gasteiger charge is -2.65. The molecule has 0 saturated heterocycles. The molecule has 4 rings (SSSR count). The van der Waals surface area contributed by atoms with E-state index >= 15 is 0 Å². The van der Waals surface area contributed by atoms with Gasteiger partial charge in [-0.3, -0.25) is 9.59 Å². The summed E-state index contributed by atoms with van der Waals surface area (Å²) >= 11 is 0. The number of Topliss-reactive ketones (excluding diaryl/α,β-unsaturated/α-hetero) is 1. The second-order valence-corrected chi connectivity index (χ2v) is 10.7.